The van der Waals surface area contributed by atoms with Crippen molar-refractivity contribution < 1.29 is 47.3 Å². The summed E-state index contributed by atoms with van der Waals surface area (Å²) < 4.78 is 36.9. The molecule has 1 fully saturated rings. The first kappa shape index (κ1) is 37.4. The second-order valence-electron chi connectivity index (χ2n) is 11.2. The SMILES string of the molecule is COc1ccc(CC(NC(=O)O)C(=O)NC(C)CCCN2C(=N)NC(CC(C)C)(c3ccccc3)C2=O)cc1.O=C(O)C(F)(F)F. The van der Waals surface area contributed by atoms with Crippen LogP contribution in [0.1, 0.15) is 51.2 Å². The van der Waals surface area contributed by atoms with Gasteiger partial charge in [0.1, 0.15) is 17.3 Å². The molecule has 0 aromatic heterocycles. The van der Waals surface area contributed by atoms with Crippen molar-refractivity contribution in [3.63, 3.8) is 0 Å². The van der Waals surface area contributed by atoms with Gasteiger partial charge < -0.3 is 30.9 Å². The van der Waals surface area contributed by atoms with Gasteiger partial charge in [0, 0.05) is 19.0 Å². The number of carboxylic acids is 1. The fourth-order valence-electron chi connectivity index (χ4n) is 4.98. The number of carbonyl (C=O) groups is 4. The van der Waals surface area contributed by atoms with Gasteiger partial charge in [-0.15, -0.1) is 0 Å². The molecule has 3 amide bonds. The van der Waals surface area contributed by atoms with Crippen LogP contribution in [0.25, 0.3) is 0 Å². The second kappa shape index (κ2) is 16.5. The molecular weight excluding hydrogens is 611 g/mol. The lowest BCUT2D eigenvalue weighted by Gasteiger charge is -2.29. The predicted molar refractivity (Wildman–Crippen MR) is 162 cm³/mol. The van der Waals surface area contributed by atoms with Gasteiger partial charge in [-0.25, -0.2) is 9.59 Å². The van der Waals surface area contributed by atoms with Crippen molar-refractivity contribution in [1.82, 2.24) is 20.9 Å². The van der Waals surface area contributed by atoms with Gasteiger partial charge >= 0.3 is 18.2 Å². The van der Waals surface area contributed by atoms with Crippen LogP contribution >= 0.6 is 0 Å². The summed E-state index contributed by atoms with van der Waals surface area (Å²) in [6.45, 7) is 6.28. The van der Waals surface area contributed by atoms with Gasteiger partial charge in [-0.1, -0.05) is 56.3 Å². The second-order valence-corrected chi connectivity index (χ2v) is 11.2. The van der Waals surface area contributed by atoms with Crippen molar-refractivity contribution in [3.05, 3.63) is 65.7 Å². The maximum Gasteiger partial charge on any atom is 0.490 e. The van der Waals surface area contributed by atoms with Crippen LogP contribution in [0.2, 0.25) is 0 Å². The number of carboxylic acid groups (broad SMARTS) is 2. The molecule has 3 atom stereocenters. The molecule has 3 unspecified atom stereocenters. The molecule has 2 aromatic rings. The number of amides is 3. The topological polar surface area (TPSA) is 181 Å². The van der Waals surface area contributed by atoms with Gasteiger partial charge in [0.05, 0.1) is 7.11 Å². The molecule has 0 spiro atoms. The van der Waals surface area contributed by atoms with E-state index in [-0.39, 0.29) is 30.2 Å². The van der Waals surface area contributed by atoms with E-state index >= 15 is 0 Å². The summed E-state index contributed by atoms with van der Waals surface area (Å²) in [6, 6.07) is 15.4. The van der Waals surface area contributed by atoms with Gasteiger partial charge in [0.2, 0.25) is 5.91 Å². The summed E-state index contributed by atoms with van der Waals surface area (Å²) in [4.78, 5) is 48.2. The Bertz CT molecular complexity index is 1360. The Balaban J connectivity index is 0.000000942. The highest BCUT2D eigenvalue weighted by Crippen LogP contribution is 2.35. The van der Waals surface area contributed by atoms with Crippen molar-refractivity contribution in [1.29, 1.82) is 5.41 Å². The molecule has 3 rings (SSSR count). The number of guanidine groups is 1. The van der Waals surface area contributed by atoms with Gasteiger partial charge in [0.25, 0.3) is 5.91 Å². The maximum atomic E-state index is 13.6. The standard InChI is InChI=1S/C29H39N5O5.C2HF3O2/c1-19(2)18-29(22-10-6-5-7-11-22)26(36)34(27(30)33-29)16-8-9-20(3)31-25(35)24(32-28(37)38)17-21-12-14-23(39-4)15-13-21;3-2(4,5)1(6)7/h5-7,10-15,19-20,24,32H,8-9,16-18H2,1-4H3,(H2,30,33)(H,31,35)(H,37,38);(H,6,7). The fourth-order valence-corrected chi connectivity index (χ4v) is 4.98. The molecule has 15 heteroatoms. The van der Waals surface area contributed by atoms with E-state index in [1.807, 2.05) is 37.3 Å². The molecule has 0 bridgehead atoms. The number of hydrogen-bond donors (Lipinski definition) is 6. The van der Waals surface area contributed by atoms with Crippen LogP contribution in [-0.2, 0) is 26.3 Å². The minimum Gasteiger partial charge on any atom is -0.497 e. The Hall–Kier alpha value is -4.82. The quantitative estimate of drug-likeness (QED) is 0.187. The number of nitrogens with zero attached hydrogens (tertiary/aromatic N) is 1. The molecule has 6 N–H and O–H groups in total. The van der Waals surface area contributed by atoms with Crippen LogP contribution in [0.3, 0.4) is 0 Å². The molecule has 0 saturated carbocycles. The average molecular weight is 652 g/mol. The largest absolute Gasteiger partial charge is 0.497 e. The minimum atomic E-state index is -5.08. The average Bonchev–Trinajstić information content (AvgIpc) is 3.21. The van der Waals surface area contributed by atoms with Crippen molar-refractivity contribution in [3.8, 4) is 5.75 Å². The Morgan fingerprint density at radius 3 is 2.11 bits per heavy atom. The Kier molecular flexibility index (Phi) is 13.4. The van der Waals surface area contributed by atoms with Crippen LogP contribution in [0.5, 0.6) is 5.75 Å². The molecule has 12 nitrogen and oxygen atoms in total. The number of ether oxygens (including phenoxy) is 1. The number of halogens is 3. The van der Waals surface area contributed by atoms with Gasteiger partial charge in [0.15, 0.2) is 5.96 Å². The van der Waals surface area contributed by atoms with E-state index in [2.05, 4.69) is 29.8 Å². The monoisotopic (exact) mass is 651 g/mol. The zero-order valence-electron chi connectivity index (χ0n) is 26.0. The first-order valence-corrected chi connectivity index (χ1v) is 14.5. The summed E-state index contributed by atoms with van der Waals surface area (Å²) in [5.74, 6) is -2.35. The highest BCUT2D eigenvalue weighted by Gasteiger charge is 2.50. The van der Waals surface area contributed by atoms with E-state index in [0.717, 1.165) is 11.1 Å². The molecule has 0 radical (unpaired) electrons. The molecular formula is C31H40F3N5O7. The predicted octanol–water partition coefficient (Wildman–Crippen LogP) is 4.10. The first-order valence-electron chi connectivity index (χ1n) is 14.5. The highest BCUT2D eigenvalue weighted by atomic mass is 19.4. The van der Waals surface area contributed by atoms with Crippen LogP contribution in [0, 0.1) is 11.3 Å². The van der Waals surface area contributed by atoms with Gasteiger partial charge in [-0.05, 0) is 55.4 Å². The minimum absolute atomic E-state index is 0.0754. The van der Waals surface area contributed by atoms with Crippen molar-refractivity contribution in [2.45, 2.75) is 70.3 Å². The lowest BCUT2D eigenvalue weighted by atomic mass is 9.82. The van der Waals surface area contributed by atoms with Crippen LogP contribution in [-0.4, -0.2) is 76.9 Å². The summed E-state index contributed by atoms with van der Waals surface area (Å²) in [6.07, 6.45) is -4.50. The van der Waals surface area contributed by atoms with E-state index in [9.17, 15) is 32.7 Å². The third-order valence-electron chi connectivity index (χ3n) is 7.06. The van der Waals surface area contributed by atoms with Gasteiger partial charge in [-0.2, -0.15) is 13.2 Å². The number of alkyl halides is 3. The molecule has 46 heavy (non-hydrogen) atoms. The summed E-state index contributed by atoms with van der Waals surface area (Å²) in [5, 5.41) is 33.2. The molecule has 1 aliphatic heterocycles. The van der Waals surface area contributed by atoms with Crippen molar-refractivity contribution >= 4 is 29.8 Å². The number of carbonyl (C=O) groups excluding carboxylic acids is 2. The number of aliphatic carboxylic acids is 1. The Labute approximate surface area is 264 Å². The first-order chi connectivity index (χ1) is 21.5. The van der Waals surface area contributed by atoms with E-state index in [1.165, 1.54) is 4.90 Å². The zero-order chi connectivity index (χ0) is 34.7. The number of benzene rings is 2. The van der Waals surface area contributed by atoms with Crippen LogP contribution < -0.4 is 20.7 Å². The van der Waals surface area contributed by atoms with Crippen LogP contribution in [0.15, 0.2) is 54.6 Å². The smallest absolute Gasteiger partial charge is 0.490 e. The lowest BCUT2D eigenvalue weighted by molar-refractivity contribution is -0.192. The van der Waals surface area contributed by atoms with E-state index < -0.39 is 35.7 Å². The van der Waals surface area contributed by atoms with Crippen molar-refractivity contribution in [2.24, 2.45) is 5.92 Å². The molecule has 1 aliphatic rings. The molecule has 0 aliphatic carbocycles. The van der Waals surface area contributed by atoms with Crippen molar-refractivity contribution in [2.75, 3.05) is 13.7 Å². The van der Waals surface area contributed by atoms with E-state index in [4.69, 9.17) is 20.0 Å². The third-order valence-corrected chi connectivity index (χ3v) is 7.06. The number of rotatable bonds is 13. The highest BCUT2D eigenvalue weighted by molar-refractivity contribution is 6.08. The summed E-state index contributed by atoms with van der Waals surface area (Å²) in [7, 11) is 1.56. The Morgan fingerprint density at radius 1 is 1.02 bits per heavy atom. The van der Waals surface area contributed by atoms with Gasteiger partial charge in [-0.3, -0.25) is 19.9 Å². The number of hydrogen-bond acceptors (Lipinski definition) is 6. The molecule has 1 saturated heterocycles. The lowest BCUT2D eigenvalue weighted by Crippen LogP contribution is -2.50. The molecule has 2 aromatic carbocycles. The molecule has 252 valence electrons. The fraction of sp³-hybridized carbons (Fsp3) is 0.452. The molecule has 1 heterocycles. The van der Waals surface area contributed by atoms with E-state index in [1.54, 1.807) is 31.4 Å². The number of methoxy groups -OCH3 is 1. The normalized spacial score (nSPS) is 17.3. The summed E-state index contributed by atoms with van der Waals surface area (Å²) >= 11 is 0. The summed E-state index contributed by atoms with van der Waals surface area (Å²) in [5.41, 5.74) is 0.661. The Morgan fingerprint density at radius 2 is 1.61 bits per heavy atom. The third kappa shape index (κ3) is 10.7. The number of nitrogens with one attached hydrogen (secondary N) is 4. The zero-order valence-corrected chi connectivity index (χ0v) is 26.0. The van der Waals surface area contributed by atoms with Crippen LogP contribution in [0.4, 0.5) is 18.0 Å². The maximum absolute atomic E-state index is 13.6. The van der Waals surface area contributed by atoms with E-state index in [0.29, 0.717) is 31.6 Å².